The molecule has 2 unspecified atom stereocenters. The number of nitrogens with zero attached hydrogens (tertiary/aromatic N) is 2. The van der Waals surface area contributed by atoms with E-state index in [0.29, 0.717) is 19.0 Å². The van der Waals surface area contributed by atoms with Gasteiger partial charge in [-0.1, -0.05) is 5.16 Å². The predicted octanol–water partition coefficient (Wildman–Crippen LogP) is -0.0369. The molecule has 2 atom stereocenters. The summed E-state index contributed by atoms with van der Waals surface area (Å²) in [6.45, 7) is 4.69. The summed E-state index contributed by atoms with van der Waals surface area (Å²) < 4.78 is 15.7. The van der Waals surface area contributed by atoms with Crippen LogP contribution >= 0.6 is 0 Å². The first-order chi connectivity index (χ1) is 7.34. The molecule has 1 aromatic heterocycles. The molecule has 0 aliphatic carbocycles. The zero-order chi connectivity index (χ0) is 10.5. The van der Waals surface area contributed by atoms with Gasteiger partial charge in [0, 0.05) is 13.1 Å². The smallest absolute Gasteiger partial charge is 0.213 e. The van der Waals surface area contributed by atoms with Crippen molar-refractivity contribution in [2.24, 2.45) is 0 Å². The van der Waals surface area contributed by atoms with Gasteiger partial charge in [-0.2, -0.15) is 4.98 Å². The molecule has 0 spiro atoms. The maximum atomic E-state index is 5.65. The highest BCUT2D eigenvalue weighted by Crippen LogP contribution is 2.04. The van der Waals surface area contributed by atoms with Crippen LogP contribution in [0, 0.1) is 0 Å². The summed E-state index contributed by atoms with van der Waals surface area (Å²) in [4.78, 5) is 3.85. The molecule has 0 bridgehead atoms. The van der Waals surface area contributed by atoms with Gasteiger partial charge in [0.05, 0.1) is 18.8 Å². The molecule has 1 saturated heterocycles. The van der Waals surface area contributed by atoms with E-state index in [1.807, 2.05) is 6.92 Å². The fourth-order valence-electron chi connectivity index (χ4n) is 1.51. The minimum Gasteiger partial charge on any atom is -0.371 e. The molecule has 1 aliphatic heterocycles. The third kappa shape index (κ3) is 3.26. The summed E-state index contributed by atoms with van der Waals surface area (Å²) in [6, 6.07) is 0. The lowest BCUT2D eigenvalue weighted by molar-refractivity contribution is -0.0725. The minimum absolute atomic E-state index is 0.112. The van der Waals surface area contributed by atoms with Crippen LogP contribution in [0.25, 0.3) is 0 Å². The first kappa shape index (κ1) is 10.5. The Morgan fingerprint density at radius 3 is 3.27 bits per heavy atom. The number of rotatable bonds is 4. The van der Waals surface area contributed by atoms with Gasteiger partial charge in [0.2, 0.25) is 6.39 Å². The highest BCUT2D eigenvalue weighted by atomic mass is 16.5. The fraction of sp³-hybridized carbons (Fsp3) is 0.778. The van der Waals surface area contributed by atoms with Crippen LogP contribution in [-0.2, 0) is 16.1 Å². The van der Waals surface area contributed by atoms with E-state index in [2.05, 4.69) is 20.0 Å². The van der Waals surface area contributed by atoms with E-state index in [4.69, 9.17) is 9.47 Å². The molecule has 15 heavy (non-hydrogen) atoms. The summed E-state index contributed by atoms with van der Waals surface area (Å²) in [7, 11) is 0. The first-order valence-electron chi connectivity index (χ1n) is 5.04. The van der Waals surface area contributed by atoms with E-state index in [0.717, 1.165) is 13.1 Å². The van der Waals surface area contributed by atoms with Crippen LogP contribution < -0.4 is 5.32 Å². The summed E-state index contributed by atoms with van der Waals surface area (Å²) in [6.07, 6.45) is 1.65. The van der Waals surface area contributed by atoms with Gasteiger partial charge in [-0.05, 0) is 6.92 Å². The van der Waals surface area contributed by atoms with Gasteiger partial charge in [0.1, 0.15) is 6.61 Å². The second kappa shape index (κ2) is 5.20. The van der Waals surface area contributed by atoms with Crippen molar-refractivity contribution >= 4 is 0 Å². The van der Waals surface area contributed by atoms with E-state index in [-0.39, 0.29) is 12.2 Å². The van der Waals surface area contributed by atoms with Gasteiger partial charge in [0.15, 0.2) is 5.82 Å². The van der Waals surface area contributed by atoms with Gasteiger partial charge >= 0.3 is 0 Å². The minimum atomic E-state index is 0.112. The van der Waals surface area contributed by atoms with E-state index in [9.17, 15) is 0 Å². The van der Waals surface area contributed by atoms with Crippen molar-refractivity contribution in [1.29, 1.82) is 0 Å². The topological polar surface area (TPSA) is 69.4 Å². The Morgan fingerprint density at radius 2 is 2.53 bits per heavy atom. The molecular weight excluding hydrogens is 198 g/mol. The van der Waals surface area contributed by atoms with E-state index < -0.39 is 0 Å². The third-order valence-corrected chi connectivity index (χ3v) is 2.17. The monoisotopic (exact) mass is 213 g/mol. The number of ether oxygens (including phenoxy) is 2. The van der Waals surface area contributed by atoms with E-state index >= 15 is 0 Å². The quantitative estimate of drug-likeness (QED) is 0.757. The summed E-state index contributed by atoms with van der Waals surface area (Å²) >= 11 is 0. The van der Waals surface area contributed by atoms with Crippen molar-refractivity contribution in [1.82, 2.24) is 15.5 Å². The van der Waals surface area contributed by atoms with Crippen LogP contribution in [0.1, 0.15) is 12.7 Å². The summed E-state index contributed by atoms with van der Waals surface area (Å²) in [5.74, 6) is 0.562. The molecule has 1 aliphatic rings. The lowest BCUT2D eigenvalue weighted by Crippen LogP contribution is -2.45. The van der Waals surface area contributed by atoms with Gasteiger partial charge < -0.3 is 19.3 Å². The van der Waals surface area contributed by atoms with Crippen molar-refractivity contribution < 1.29 is 14.0 Å². The zero-order valence-electron chi connectivity index (χ0n) is 8.68. The average Bonchev–Trinajstić information content (AvgIpc) is 2.71. The van der Waals surface area contributed by atoms with Gasteiger partial charge in [0.25, 0.3) is 0 Å². The molecule has 2 heterocycles. The van der Waals surface area contributed by atoms with E-state index in [1.54, 1.807) is 0 Å². The Bertz CT molecular complexity index is 278. The lowest BCUT2D eigenvalue weighted by Gasteiger charge is -2.28. The van der Waals surface area contributed by atoms with Crippen molar-refractivity contribution in [2.45, 2.75) is 25.7 Å². The predicted molar refractivity (Wildman–Crippen MR) is 51.2 cm³/mol. The molecule has 0 amide bonds. The molecule has 6 nitrogen and oxygen atoms in total. The van der Waals surface area contributed by atoms with Crippen LogP contribution in [0.2, 0.25) is 0 Å². The van der Waals surface area contributed by atoms with E-state index in [1.165, 1.54) is 6.39 Å². The molecule has 2 rings (SSSR count). The van der Waals surface area contributed by atoms with Gasteiger partial charge in [-0.15, -0.1) is 0 Å². The molecule has 1 N–H and O–H groups in total. The Balaban J connectivity index is 1.65. The number of hydrogen-bond donors (Lipinski definition) is 1. The maximum Gasteiger partial charge on any atom is 0.213 e. The largest absolute Gasteiger partial charge is 0.371 e. The maximum absolute atomic E-state index is 5.65. The van der Waals surface area contributed by atoms with Gasteiger partial charge in [-0.25, -0.2) is 0 Å². The van der Waals surface area contributed by atoms with Crippen LogP contribution in [0.3, 0.4) is 0 Å². The molecule has 0 saturated carbocycles. The van der Waals surface area contributed by atoms with Crippen LogP contribution in [0.15, 0.2) is 10.9 Å². The molecule has 0 radical (unpaired) electrons. The van der Waals surface area contributed by atoms with Crippen molar-refractivity contribution in [3.05, 3.63) is 12.2 Å². The number of nitrogens with one attached hydrogen (secondary N) is 1. The molecule has 84 valence electrons. The molecule has 1 aromatic rings. The zero-order valence-corrected chi connectivity index (χ0v) is 8.68. The molecule has 0 aromatic carbocycles. The Kier molecular flexibility index (Phi) is 3.65. The number of hydrogen-bond acceptors (Lipinski definition) is 6. The lowest BCUT2D eigenvalue weighted by atomic mass is 10.2. The average molecular weight is 213 g/mol. The number of aromatic nitrogens is 2. The second-order valence-corrected chi connectivity index (χ2v) is 3.59. The SMILES string of the molecule is CC1CNCC(COCc2ncon2)O1. The van der Waals surface area contributed by atoms with Crippen molar-refractivity contribution in [3.8, 4) is 0 Å². The third-order valence-electron chi connectivity index (χ3n) is 2.17. The highest BCUT2D eigenvalue weighted by Gasteiger charge is 2.18. The van der Waals surface area contributed by atoms with Crippen molar-refractivity contribution in [3.63, 3.8) is 0 Å². The van der Waals surface area contributed by atoms with Crippen molar-refractivity contribution in [2.75, 3.05) is 19.7 Å². The Labute approximate surface area is 87.9 Å². The summed E-state index contributed by atoms with van der Waals surface area (Å²) in [5.41, 5.74) is 0. The van der Waals surface area contributed by atoms with Gasteiger partial charge in [-0.3, -0.25) is 0 Å². The summed E-state index contributed by atoms with van der Waals surface area (Å²) in [5, 5.41) is 6.92. The second-order valence-electron chi connectivity index (χ2n) is 3.59. The first-order valence-corrected chi connectivity index (χ1v) is 5.04. The fourth-order valence-corrected chi connectivity index (χ4v) is 1.51. The van der Waals surface area contributed by atoms with Crippen LogP contribution in [0.4, 0.5) is 0 Å². The normalized spacial score (nSPS) is 26.7. The molecule has 1 fully saturated rings. The Morgan fingerprint density at radius 1 is 1.60 bits per heavy atom. The van der Waals surface area contributed by atoms with Crippen LogP contribution in [-0.4, -0.2) is 42.0 Å². The molecule has 6 heteroatoms. The Hall–Kier alpha value is -0.980. The standard InChI is InChI=1S/C9H15N3O3/c1-7-2-10-3-8(15-7)4-13-5-9-11-6-14-12-9/h6-8,10H,2-5H2,1H3. The highest BCUT2D eigenvalue weighted by molar-refractivity contribution is 4.74. The van der Waals surface area contributed by atoms with Crippen LogP contribution in [0.5, 0.6) is 0 Å². The number of morpholine rings is 1. The molecular formula is C9H15N3O3.